The standard InChI is InChI=1S/C23H39NO5SSi/c1-7-27-31(28-8-2,29-9-3)17-12-19-18-20(30-6)10-11-21(19)22(25)23(4,5)24-13-15-26-16-14-24/h10-11,18H,7-9,12-17H2,1-6H3. The third-order valence-corrected chi connectivity index (χ3v) is 9.48. The Balaban J connectivity index is 2.32. The summed E-state index contributed by atoms with van der Waals surface area (Å²) in [6.07, 6.45) is 2.73. The van der Waals surface area contributed by atoms with Gasteiger partial charge in [0.25, 0.3) is 0 Å². The number of carbonyl (C=O) groups is 1. The molecule has 31 heavy (non-hydrogen) atoms. The van der Waals surface area contributed by atoms with Crippen molar-refractivity contribution in [1.82, 2.24) is 4.90 Å². The van der Waals surface area contributed by atoms with E-state index in [2.05, 4.69) is 17.2 Å². The molecule has 176 valence electrons. The van der Waals surface area contributed by atoms with Gasteiger partial charge in [-0.1, -0.05) is 0 Å². The summed E-state index contributed by atoms with van der Waals surface area (Å²) in [5, 5.41) is 0. The first-order valence-electron chi connectivity index (χ1n) is 11.3. The highest BCUT2D eigenvalue weighted by atomic mass is 32.2. The number of hydrogen-bond acceptors (Lipinski definition) is 7. The van der Waals surface area contributed by atoms with Crippen LogP contribution in [-0.2, 0) is 24.4 Å². The largest absolute Gasteiger partial charge is 0.501 e. The van der Waals surface area contributed by atoms with E-state index < -0.39 is 14.3 Å². The summed E-state index contributed by atoms with van der Waals surface area (Å²) in [5.41, 5.74) is 1.23. The van der Waals surface area contributed by atoms with Gasteiger partial charge in [-0.2, -0.15) is 0 Å². The van der Waals surface area contributed by atoms with Crippen molar-refractivity contribution in [3.05, 3.63) is 29.3 Å². The van der Waals surface area contributed by atoms with Gasteiger partial charge in [0.1, 0.15) is 0 Å². The van der Waals surface area contributed by atoms with Crippen LogP contribution in [0.1, 0.15) is 50.5 Å². The molecule has 8 heteroatoms. The third kappa shape index (κ3) is 6.87. The number of Topliss-reactive ketones (excluding diaryl/α,β-unsaturated/α-hetero) is 1. The maximum Gasteiger partial charge on any atom is 0.501 e. The molecule has 0 aliphatic carbocycles. The van der Waals surface area contributed by atoms with E-state index in [1.165, 1.54) is 0 Å². The van der Waals surface area contributed by atoms with Gasteiger partial charge in [0.15, 0.2) is 5.78 Å². The quantitative estimate of drug-likeness (QED) is 0.243. The van der Waals surface area contributed by atoms with Crippen molar-refractivity contribution in [2.24, 2.45) is 0 Å². The second kappa shape index (κ2) is 12.5. The van der Waals surface area contributed by atoms with Crippen molar-refractivity contribution < 1.29 is 22.8 Å². The monoisotopic (exact) mass is 469 g/mol. The maximum absolute atomic E-state index is 13.7. The molecule has 0 bridgehead atoms. The van der Waals surface area contributed by atoms with Gasteiger partial charge < -0.3 is 18.0 Å². The number of ether oxygens (including phenoxy) is 1. The lowest BCUT2D eigenvalue weighted by Crippen LogP contribution is -2.54. The summed E-state index contributed by atoms with van der Waals surface area (Å²) < 4.78 is 23.6. The SMILES string of the molecule is CCO[Si](CCc1cc(SC)ccc1C(=O)C(C)(C)N1CCOCC1)(OCC)OCC. The summed E-state index contributed by atoms with van der Waals surface area (Å²) >= 11 is 1.68. The lowest BCUT2D eigenvalue weighted by molar-refractivity contribution is -0.00434. The molecule has 0 spiro atoms. The molecule has 1 aromatic carbocycles. The molecular formula is C23H39NO5SSi. The van der Waals surface area contributed by atoms with Gasteiger partial charge in [-0.25, -0.2) is 0 Å². The molecule has 1 aliphatic heterocycles. The highest BCUT2D eigenvalue weighted by Gasteiger charge is 2.41. The molecule has 0 atom stereocenters. The Morgan fingerprint density at radius 3 is 2.19 bits per heavy atom. The molecule has 0 unspecified atom stereocenters. The lowest BCUT2D eigenvalue weighted by Gasteiger charge is -2.40. The Bertz CT molecular complexity index is 692. The van der Waals surface area contributed by atoms with Crippen LogP contribution >= 0.6 is 11.8 Å². The molecule has 6 nitrogen and oxygen atoms in total. The van der Waals surface area contributed by atoms with Crippen molar-refractivity contribution in [3.8, 4) is 0 Å². The van der Waals surface area contributed by atoms with Crippen LogP contribution in [0.2, 0.25) is 6.04 Å². The van der Waals surface area contributed by atoms with E-state index in [4.69, 9.17) is 18.0 Å². The molecule has 1 heterocycles. The average Bonchev–Trinajstić information content (AvgIpc) is 2.78. The van der Waals surface area contributed by atoms with Gasteiger partial charge in [0.2, 0.25) is 0 Å². The fourth-order valence-electron chi connectivity index (χ4n) is 4.01. The van der Waals surface area contributed by atoms with E-state index in [1.54, 1.807) is 11.8 Å². The summed E-state index contributed by atoms with van der Waals surface area (Å²) in [6, 6.07) is 6.81. The van der Waals surface area contributed by atoms with E-state index in [-0.39, 0.29) is 5.78 Å². The van der Waals surface area contributed by atoms with Gasteiger partial charge in [-0.05, 0) is 71.1 Å². The fraction of sp³-hybridized carbons (Fsp3) is 0.696. The van der Waals surface area contributed by atoms with Gasteiger partial charge >= 0.3 is 8.80 Å². The van der Waals surface area contributed by atoms with E-state index in [0.717, 1.165) is 29.1 Å². The predicted octanol–water partition coefficient (Wildman–Crippen LogP) is 4.29. The van der Waals surface area contributed by atoms with Crippen molar-refractivity contribution >= 4 is 26.3 Å². The molecular weight excluding hydrogens is 430 g/mol. The highest BCUT2D eigenvalue weighted by Crippen LogP contribution is 2.29. The molecule has 1 aromatic rings. The number of hydrogen-bond donors (Lipinski definition) is 0. The van der Waals surface area contributed by atoms with E-state index in [1.807, 2.05) is 46.8 Å². The summed E-state index contributed by atoms with van der Waals surface area (Å²) in [4.78, 5) is 17.1. The molecule has 0 radical (unpaired) electrons. The van der Waals surface area contributed by atoms with Crippen LogP contribution in [0.25, 0.3) is 0 Å². The van der Waals surface area contributed by atoms with Gasteiger partial charge in [-0.3, -0.25) is 9.69 Å². The van der Waals surface area contributed by atoms with Crippen LogP contribution in [0.5, 0.6) is 0 Å². The first-order chi connectivity index (χ1) is 14.8. The predicted molar refractivity (Wildman–Crippen MR) is 128 cm³/mol. The first-order valence-corrected chi connectivity index (χ1v) is 14.5. The minimum atomic E-state index is -2.79. The van der Waals surface area contributed by atoms with Crippen LogP contribution in [0.3, 0.4) is 0 Å². The van der Waals surface area contributed by atoms with E-state index >= 15 is 0 Å². The zero-order valence-electron chi connectivity index (χ0n) is 20.0. The number of benzene rings is 1. The summed E-state index contributed by atoms with van der Waals surface area (Å²) in [7, 11) is -2.79. The highest BCUT2D eigenvalue weighted by molar-refractivity contribution is 7.98. The number of carbonyl (C=O) groups excluding carboxylic acids is 1. The minimum Gasteiger partial charge on any atom is -0.379 e. The van der Waals surface area contributed by atoms with E-state index in [9.17, 15) is 4.79 Å². The second-order valence-corrected chi connectivity index (χ2v) is 11.6. The number of rotatable bonds is 13. The zero-order chi connectivity index (χ0) is 22.9. The van der Waals surface area contributed by atoms with Gasteiger partial charge in [0, 0.05) is 49.4 Å². The smallest absolute Gasteiger partial charge is 0.379 e. The van der Waals surface area contributed by atoms with Crippen molar-refractivity contribution in [2.45, 2.75) is 57.5 Å². The molecule has 1 saturated heterocycles. The molecule has 0 aromatic heterocycles. The van der Waals surface area contributed by atoms with Crippen LogP contribution in [0, 0.1) is 0 Å². The Morgan fingerprint density at radius 1 is 1.10 bits per heavy atom. The number of aryl methyl sites for hydroxylation is 1. The summed E-state index contributed by atoms with van der Waals surface area (Å²) in [5.74, 6) is 0.147. The Labute approximate surface area is 193 Å². The third-order valence-electron chi connectivity index (χ3n) is 5.71. The number of nitrogens with zero attached hydrogens (tertiary/aromatic N) is 1. The van der Waals surface area contributed by atoms with Gasteiger partial charge in [0.05, 0.1) is 18.8 Å². The second-order valence-electron chi connectivity index (χ2n) is 7.99. The number of thioether (sulfide) groups is 1. The van der Waals surface area contributed by atoms with E-state index in [0.29, 0.717) is 45.5 Å². The summed E-state index contributed by atoms with van der Waals surface area (Å²) in [6.45, 7) is 14.5. The van der Waals surface area contributed by atoms with Gasteiger partial charge in [-0.15, -0.1) is 11.8 Å². The maximum atomic E-state index is 13.7. The molecule has 0 amide bonds. The normalized spacial score (nSPS) is 15.9. The minimum absolute atomic E-state index is 0.147. The Hall–Kier alpha value is -0.743. The van der Waals surface area contributed by atoms with Crippen molar-refractivity contribution in [3.63, 3.8) is 0 Å². The topological polar surface area (TPSA) is 57.2 Å². The van der Waals surface area contributed by atoms with Crippen molar-refractivity contribution in [2.75, 3.05) is 52.4 Å². The van der Waals surface area contributed by atoms with Crippen LogP contribution in [0.15, 0.2) is 23.1 Å². The molecule has 0 N–H and O–H groups in total. The number of morpholine rings is 1. The van der Waals surface area contributed by atoms with Crippen LogP contribution in [-0.4, -0.2) is 77.4 Å². The zero-order valence-corrected chi connectivity index (χ0v) is 21.8. The fourth-order valence-corrected chi connectivity index (χ4v) is 7.05. The molecule has 1 fully saturated rings. The van der Waals surface area contributed by atoms with Crippen LogP contribution in [0.4, 0.5) is 0 Å². The number of ketones is 1. The van der Waals surface area contributed by atoms with Crippen LogP contribution < -0.4 is 0 Å². The average molecular weight is 470 g/mol. The Morgan fingerprint density at radius 2 is 1.68 bits per heavy atom. The Kier molecular flexibility index (Phi) is 10.7. The molecule has 0 saturated carbocycles. The lowest BCUT2D eigenvalue weighted by atomic mass is 9.88. The first kappa shape index (κ1) is 26.5. The molecule has 2 rings (SSSR count). The molecule has 1 aliphatic rings. The van der Waals surface area contributed by atoms with Crippen molar-refractivity contribution in [1.29, 1.82) is 0 Å².